The van der Waals surface area contributed by atoms with Crippen LogP contribution in [0.15, 0.2) is 29.6 Å². The molecule has 2 heterocycles. The zero-order valence-corrected chi connectivity index (χ0v) is 11.9. The predicted octanol–water partition coefficient (Wildman–Crippen LogP) is 2.92. The van der Waals surface area contributed by atoms with E-state index in [9.17, 15) is 15.0 Å². The minimum absolute atomic E-state index is 0.0356. The van der Waals surface area contributed by atoms with Gasteiger partial charge in [0.25, 0.3) is 5.91 Å². The van der Waals surface area contributed by atoms with E-state index in [4.69, 9.17) is 0 Å². The molecule has 2 N–H and O–H groups in total. The summed E-state index contributed by atoms with van der Waals surface area (Å²) in [5.41, 5.74) is 1.60. The first kappa shape index (κ1) is 13.0. The maximum atomic E-state index is 12.5. The summed E-state index contributed by atoms with van der Waals surface area (Å²) in [6, 6.07) is 6.29. The maximum Gasteiger partial charge on any atom is 0.254 e. The molecule has 104 valence electrons. The van der Waals surface area contributed by atoms with Crippen LogP contribution in [0.2, 0.25) is 0 Å². The fourth-order valence-corrected chi connectivity index (χ4v) is 3.57. The summed E-state index contributed by atoms with van der Waals surface area (Å²) >= 11 is 1.73. The molecule has 1 aromatic heterocycles. The monoisotopic (exact) mass is 289 g/mol. The van der Waals surface area contributed by atoms with E-state index in [0.29, 0.717) is 12.1 Å². The first-order valence-electron chi connectivity index (χ1n) is 6.47. The fraction of sp³-hybridized carbons (Fsp3) is 0.267. The summed E-state index contributed by atoms with van der Waals surface area (Å²) in [6.07, 6.45) is 0.868. The van der Waals surface area contributed by atoms with Crippen LogP contribution in [0.1, 0.15) is 33.8 Å². The molecule has 0 spiro atoms. The van der Waals surface area contributed by atoms with Crippen LogP contribution in [0.25, 0.3) is 0 Å². The minimum atomic E-state index is -0.267. The zero-order valence-electron chi connectivity index (χ0n) is 11.0. The van der Waals surface area contributed by atoms with Gasteiger partial charge in [-0.2, -0.15) is 0 Å². The van der Waals surface area contributed by atoms with E-state index in [-0.39, 0.29) is 23.4 Å². The molecule has 0 aliphatic carbocycles. The molecular weight excluding hydrogens is 274 g/mol. The molecule has 4 nitrogen and oxygen atoms in total. The Balaban J connectivity index is 1.90. The summed E-state index contributed by atoms with van der Waals surface area (Å²) in [5, 5.41) is 20.9. The van der Waals surface area contributed by atoms with Crippen molar-refractivity contribution < 1.29 is 15.0 Å². The molecule has 1 unspecified atom stereocenters. The first-order chi connectivity index (χ1) is 9.58. The Morgan fingerprint density at radius 3 is 2.85 bits per heavy atom. The van der Waals surface area contributed by atoms with Gasteiger partial charge in [0.05, 0.1) is 6.04 Å². The molecule has 0 saturated heterocycles. The Labute approximate surface area is 120 Å². The van der Waals surface area contributed by atoms with Gasteiger partial charge in [-0.05, 0) is 48.6 Å². The number of phenols is 2. The number of rotatable bonds is 1. The SMILES string of the molecule is CC1c2ccsc2CCN1C(=O)c1ccc(O)c(O)c1. The number of carbonyl (C=O) groups is 1. The number of thiophene rings is 1. The number of hydrogen-bond donors (Lipinski definition) is 2. The third-order valence-corrected chi connectivity index (χ3v) is 4.76. The first-order valence-corrected chi connectivity index (χ1v) is 7.35. The lowest BCUT2D eigenvalue weighted by molar-refractivity contribution is 0.0679. The van der Waals surface area contributed by atoms with Gasteiger partial charge < -0.3 is 15.1 Å². The van der Waals surface area contributed by atoms with E-state index in [1.165, 1.54) is 28.6 Å². The van der Waals surface area contributed by atoms with Crippen molar-refractivity contribution in [2.45, 2.75) is 19.4 Å². The summed E-state index contributed by atoms with van der Waals surface area (Å²) in [4.78, 5) is 15.7. The van der Waals surface area contributed by atoms with E-state index < -0.39 is 0 Å². The number of hydrogen-bond acceptors (Lipinski definition) is 4. The average Bonchev–Trinajstić information content (AvgIpc) is 2.91. The van der Waals surface area contributed by atoms with Crippen molar-refractivity contribution in [1.29, 1.82) is 0 Å². The Bertz CT molecular complexity index is 665. The lowest BCUT2D eigenvalue weighted by Gasteiger charge is -2.33. The molecule has 1 aromatic carbocycles. The third kappa shape index (κ3) is 2.04. The highest BCUT2D eigenvalue weighted by Crippen LogP contribution is 2.34. The number of aromatic hydroxyl groups is 2. The molecule has 1 aliphatic rings. The second-order valence-electron chi connectivity index (χ2n) is 4.93. The number of carbonyl (C=O) groups excluding carboxylic acids is 1. The highest BCUT2D eigenvalue weighted by molar-refractivity contribution is 7.10. The quantitative estimate of drug-likeness (QED) is 0.794. The number of benzene rings is 1. The van der Waals surface area contributed by atoms with Crippen molar-refractivity contribution in [1.82, 2.24) is 4.90 Å². The number of fused-ring (bicyclic) bond motifs is 1. The second kappa shape index (κ2) is 4.83. The van der Waals surface area contributed by atoms with Crippen LogP contribution >= 0.6 is 11.3 Å². The van der Waals surface area contributed by atoms with Gasteiger partial charge in [-0.1, -0.05) is 0 Å². The Morgan fingerprint density at radius 2 is 2.10 bits per heavy atom. The molecule has 0 bridgehead atoms. The Morgan fingerprint density at radius 1 is 1.30 bits per heavy atom. The predicted molar refractivity (Wildman–Crippen MR) is 77.2 cm³/mol. The molecule has 1 aliphatic heterocycles. The number of nitrogens with zero attached hydrogens (tertiary/aromatic N) is 1. The smallest absolute Gasteiger partial charge is 0.254 e. The molecular formula is C15H15NO3S. The van der Waals surface area contributed by atoms with Gasteiger partial charge in [-0.25, -0.2) is 0 Å². The molecule has 2 aromatic rings. The Kier molecular flexibility index (Phi) is 3.14. The van der Waals surface area contributed by atoms with E-state index >= 15 is 0 Å². The van der Waals surface area contributed by atoms with Gasteiger partial charge in [-0.3, -0.25) is 4.79 Å². The second-order valence-corrected chi connectivity index (χ2v) is 5.93. The highest BCUT2D eigenvalue weighted by Gasteiger charge is 2.29. The normalized spacial score (nSPS) is 17.9. The molecule has 0 fully saturated rings. The molecule has 0 saturated carbocycles. The van der Waals surface area contributed by atoms with E-state index in [2.05, 4.69) is 11.4 Å². The molecule has 3 rings (SSSR count). The van der Waals surface area contributed by atoms with Crippen LogP contribution < -0.4 is 0 Å². The minimum Gasteiger partial charge on any atom is -0.504 e. The topological polar surface area (TPSA) is 60.8 Å². The molecule has 1 atom stereocenters. The summed E-state index contributed by atoms with van der Waals surface area (Å²) < 4.78 is 0. The van der Waals surface area contributed by atoms with E-state index in [0.717, 1.165) is 6.42 Å². The van der Waals surface area contributed by atoms with Crippen molar-refractivity contribution in [3.8, 4) is 11.5 Å². The summed E-state index contributed by atoms with van der Waals surface area (Å²) in [6.45, 7) is 2.69. The van der Waals surface area contributed by atoms with Gasteiger partial charge in [0, 0.05) is 17.0 Å². The van der Waals surface area contributed by atoms with Crippen molar-refractivity contribution in [2.24, 2.45) is 0 Å². The van der Waals surface area contributed by atoms with E-state index in [1.807, 2.05) is 6.92 Å². The van der Waals surface area contributed by atoms with E-state index in [1.54, 1.807) is 16.2 Å². The molecule has 5 heteroatoms. The van der Waals surface area contributed by atoms with Crippen LogP contribution in [0.5, 0.6) is 11.5 Å². The van der Waals surface area contributed by atoms with Gasteiger partial charge in [0.15, 0.2) is 11.5 Å². The lowest BCUT2D eigenvalue weighted by atomic mass is 10.0. The summed E-state index contributed by atoms with van der Waals surface area (Å²) in [7, 11) is 0. The van der Waals surface area contributed by atoms with Crippen molar-refractivity contribution in [3.05, 3.63) is 45.6 Å². The number of phenolic OH excluding ortho intramolecular Hbond substituents is 2. The van der Waals surface area contributed by atoms with Crippen LogP contribution in [-0.2, 0) is 6.42 Å². The maximum absolute atomic E-state index is 12.5. The van der Waals surface area contributed by atoms with Gasteiger partial charge >= 0.3 is 0 Å². The third-order valence-electron chi connectivity index (χ3n) is 3.76. The molecule has 20 heavy (non-hydrogen) atoms. The van der Waals surface area contributed by atoms with Crippen LogP contribution in [0, 0.1) is 0 Å². The average molecular weight is 289 g/mol. The lowest BCUT2D eigenvalue weighted by Crippen LogP contribution is -2.38. The van der Waals surface area contributed by atoms with Crippen LogP contribution in [0.3, 0.4) is 0 Å². The van der Waals surface area contributed by atoms with Gasteiger partial charge in [-0.15, -0.1) is 11.3 Å². The zero-order chi connectivity index (χ0) is 14.3. The van der Waals surface area contributed by atoms with Gasteiger partial charge in [0.1, 0.15) is 0 Å². The number of amides is 1. The Hall–Kier alpha value is -2.01. The van der Waals surface area contributed by atoms with Crippen LogP contribution in [-0.4, -0.2) is 27.6 Å². The van der Waals surface area contributed by atoms with Crippen molar-refractivity contribution in [2.75, 3.05) is 6.54 Å². The highest BCUT2D eigenvalue weighted by atomic mass is 32.1. The molecule has 0 radical (unpaired) electrons. The fourth-order valence-electron chi connectivity index (χ4n) is 2.61. The summed E-state index contributed by atoms with van der Waals surface area (Å²) in [5.74, 6) is -0.602. The molecule has 1 amide bonds. The van der Waals surface area contributed by atoms with Gasteiger partial charge in [0.2, 0.25) is 0 Å². The largest absolute Gasteiger partial charge is 0.504 e. The standard InChI is InChI=1S/C15H15NO3S/c1-9-11-5-7-20-14(11)4-6-16(9)15(19)10-2-3-12(17)13(18)8-10/h2-3,5,7-9,17-18H,4,6H2,1H3. The van der Waals surface area contributed by atoms with Crippen molar-refractivity contribution >= 4 is 17.2 Å². The van der Waals surface area contributed by atoms with Crippen LogP contribution in [0.4, 0.5) is 0 Å². The van der Waals surface area contributed by atoms with Crippen molar-refractivity contribution in [3.63, 3.8) is 0 Å².